The number of ether oxygens (including phenoxy) is 1. The van der Waals surface area contributed by atoms with E-state index in [1.807, 2.05) is 30.3 Å². The monoisotopic (exact) mass is 413 g/mol. The van der Waals surface area contributed by atoms with E-state index in [9.17, 15) is 13.2 Å². The summed E-state index contributed by atoms with van der Waals surface area (Å²) in [5.41, 5.74) is 1.34. The molecule has 0 radical (unpaired) electrons. The average molecular weight is 414 g/mol. The summed E-state index contributed by atoms with van der Waals surface area (Å²) in [5, 5.41) is 1.03. The van der Waals surface area contributed by atoms with Crippen LogP contribution >= 0.6 is 11.6 Å². The molecule has 0 aliphatic carbocycles. The molecule has 6 heteroatoms. The van der Waals surface area contributed by atoms with Crippen LogP contribution in [-0.2, 0) is 12.8 Å². The summed E-state index contributed by atoms with van der Waals surface area (Å²) in [4.78, 5) is 4.14. The molecule has 0 aliphatic heterocycles. The third-order valence-electron chi connectivity index (χ3n) is 4.55. The Morgan fingerprint density at radius 3 is 2.28 bits per heavy atom. The van der Waals surface area contributed by atoms with Crippen molar-refractivity contribution in [3.05, 3.63) is 95.1 Å². The molecular weight excluding hydrogens is 399 g/mol. The van der Waals surface area contributed by atoms with Crippen LogP contribution in [-0.4, -0.2) is 4.98 Å². The standard InChI is InChI=1S/C23H15ClF3NO/c24-17-9-11-18(12-10-17)29-14-16-13-28-22-19(7-4-8-20(22)23(25,26)27)21(16)15-5-2-1-3-6-15/h1-13H,14H2. The first-order chi connectivity index (χ1) is 13.9. The summed E-state index contributed by atoms with van der Waals surface area (Å²) >= 11 is 5.89. The zero-order valence-electron chi connectivity index (χ0n) is 15.1. The van der Waals surface area contributed by atoms with Gasteiger partial charge in [0, 0.05) is 22.2 Å². The number of hydrogen-bond acceptors (Lipinski definition) is 2. The molecule has 0 N–H and O–H groups in total. The van der Waals surface area contributed by atoms with Gasteiger partial charge in [-0.05, 0) is 41.5 Å². The molecule has 0 bridgehead atoms. The van der Waals surface area contributed by atoms with E-state index in [2.05, 4.69) is 4.98 Å². The van der Waals surface area contributed by atoms with Gasteiger partial charge in [-0.1, -0.05) is 54.1 Å². The lowest BCUT2D eigenvalue weighted by Gasteiger charge is -2.16. The first kappa shape index (κ1) is 19.3. The lowest BCUT2D eigenvalue weighted by atomic mass is 9.95. The third kappa shape index (κ3) is 4.05. The maximum Gasteiger partial charge on any atom is 0.418 e. The predicted molar refractivity (Wildman–Crippen MR) is 108 cm³/mol. The Balaban J connectivity index is 1.84. The molecule has 4 rings (SSSR count). The van der Waals surface area contributed by atoms with E-state index in [0.29, 0.717) is 27.3 Å². The van der Waals surface area contributed by atoms with Gasteiger partial charge in [0.05, 0.1) is 11.1 Å². The maximum absolute atomic E-state index is 13.5. The number of fused-ring (bicyclic) bond motifs is 1. The van der Waals surface area contributed by atoms with E-state index in [4.69, 9.17) is 16.3 Å². The maximum atomic E-state index is 13.5. The summed E-state index contributed by atoms with van der Waals surface area (Å²) in [6.07, 6.45) is -3.03. The molecule has 0 spiro atoms. The number of nitrogens with zero attached hydrogens (tertiary/aromatic N) is 1. The van der Waals surface area contributed by atoms with Gasteiger partial charge < -0.3 is 4.74 Å². The molecule has 4 aromatic rings. The molecular formula is C23H15ClF3NO. The molecule has 1 aromatic heterocycles. The molecule has 3 aromatic carbocycles. The second-order valence-electron chi connectivity index (χ2n) is 6.47. The summed E-state index contributed by atoms with van der Waals surface area (Å²) in [7, 11) is 0. The molecule has 0 fully saturated rings. The van der Waals surface area contributed by atoms with Crippen LogP contribution in [0.3, 0.4) is 0 Å². The Bertz CT molecular complexity index is 1140. The summed E-state index contributed by atoms with van der Waals surface area (Å²) in [6, 6.07) is 20.3. The highest BCUT2D eigenvalue weighted by molar-refractivity contribution is 6.30. The van der Waals surface area contributed by atoms with Crippen molar-refractivity contribution in [1.82, 2.24) is 4.98 Å². The van der Waals surface area contributed by atoms with Gasteiger partial charge in [0.2, 0.25) is 0 Å². The number of pyridine rings is 1. The molecule has 29 heavy (non-hydrogen) atoms. The van der Waals surface area contributed by atoms with Crippen molar-refractivity contribution in [3.63, 3.8) is 0 Å². The van der Waals surface area contributed by atoms with Crippen molar-refractivity contribution in [1.29, 1.82) is 0 Å². The molecule has 146 valence electrons. The largest absolute Gasteiger partial charge is 0.489 e. The molecule has 0 saturated heterocycles. The topological polar surface area (TPSA) is 22.1 Å². The van der Waals surface area contributed by atoms with Gasteiger partial charge in [0.15, 0.2) is 0 Å². The minimum atomic E-state index is -4.48. The minimum absolute atomic E-state index is 0.0749. The number of para-hydroxylation sites is 1. The van der Waals surface area contributed by atoms with Crippen LogP contribution in [0, 0.1) is 0 Å². The third-order valence-corrected chi connectivity index (χ3v) is 4.80. The van der Waals surface area contributed by atoms with Gasteiger partial charge in [-0.2, -0.15) is 13.2 Å². The smallest absolute Gasteiger partial charge is 0.418 e. The highest BCUT2D eigenvalue weighted by Crippen LogP contribution is 2.38. The van der Waals surface area contributed by atoms with Crippen LogP contribution in [0.25, 0.3) is 22.0 Å². The van der Waals surface area contributed by atoms with Crippen LogP contribution in [0.4, 0.5) is 13.2 Å². The van der Waals surface area contributed by atoms with Gasteiger partial charge in [-0.3, -0.25) is 4.98 Å². The Labute approximate surface area is 170 Å². The molecule has 0 saturated carbocycles. The normalized spacial score (nSPS) is 11.6. The van der Waals surface area contributed by atoms with Crippen LogP contribution in [0.5, 0.6) is 5.75 Å². The molecule has 2 nitrogen and oxygen atoms in total. The van der Waals surface area contributed by atoms with Crippen LogP contribution < -0.4 is 4.74 Å². The highest BCUT2D eigenvalue weighted by Gasteiger charge is 2.33. The molecule has 0 unspecified atom stereocenters. The Kier molecular flexibility index (Phi) is 5.16. The summed E-state index contributed by atoms with van der Waals surface area (Å²) in [5.74, 6) is 0.609. The number of rotatable bonds is 4. The van der Waals surface area contributed by atoms with Crippen molar-refractivity contribution in [2.75, 3.05) is 0 Å². The SMILES string of the molecule is FC(F)(F)c1cccc2c(-c3ccccc3)c(COc3ccc(Cl)cc3)cnc12. The Morgan fingerprint density at radius 1 is 0.862 bits per heavy atom. The quantitative estimate of drug-likeness (QED) is 0.354. The van der Waals surface area contributed by atoms with E-state index >= 15 is 0 Å². The average Bonchev–Trinajstić information content (AvgIpc) is 2.72. The lowest BCUT2D eigenvalue weighted by Crippen LogP contribution is -2.08. The van der Waals surface area contributed by atoms with E-state index < -0.39 is 11.7 Å². The van der Waals surface area contributed by atoms with Crippen molar-refractivity contribution in [3.8, 4) is 16.9 Å². The van der Waals surface area contributed by atoms with E-state index in [1.54, 1.807) is 30.3 Å². The van der Waals surface area contributed by atoms with Crippen LogP contribution in [0.1, 0.15) is 11.1 Å². The fraction of sp³-hybridized carbons (Fsp3) is 0.0870. The van der Waals surface area contributed by atoms with Crippen LogP contribution in [0.2, 0.25) is 5.02 Å². The second-order valence-corrected chi connectivity index (χ2v) is 6.90. The minimum Gasteiger partial charge on any atom is -0.489 e. The number of benzene rings is 3. The predicted octanol–water partition coefficient (Wildman–Crippen LogP) is 7.15. The van der Waals surface area contributed by atoms with Gasteiger partial charge >= 0.3 is 6.18 Å². The van der Waals surface area contributed by atoms with Gasteiger partial charge in [-0.15, -0.1) is 0 Å². The zero-order valence-corrected chi connectivity index (χ0v) is 15.8. The van der Waals surface area contributed by atoms with Crippen molar-refractivity contribution in [2.24, 2.45) is 0 Å². The van der Waals surface area contributed by atoms with Crippen LogP contribution in [0.15, 0.2) is 79.0 Å². The highest BCUT2D eigenvalue weighted by atomic mass is 35.5. The molecule has 1 heterocycles. The van der Waals surface area contributed by atoms with E-state index in [0.717, 1.165) is 11.6 Å². The number of alkyl halides is 3. The number of hydrogen-bond donors (Lipinski definition) is 0. The number of halogens is 4. The zero-order chi connectivity index (χ0) is 20.4. The van der Waals surface area contributed by atoms with Gasteiger partial charge in [0.1, 0.15) is 12.4 Å². The number of aromatic nitrogens is 1. The van der Waals surface area contributed by atoms with E-state index in [-0.39, 0.29) is 12.1 Å². The first-order valence-electron chi connectivity index (χ1n) is 8.85. The van der Waals surface area contributed by atoms with E-state index in [1.165, 1.54) is 12.3 Å². The second kappa shape index (κ2) is 7.76. The molecule has 0 amide bonds. The molecule has 0 aliphatic rings. The summed E-state index contributed by atoms with van der Waals surface area (Å²) < 4.78 is 46.3. The van der Waals surface area contributed by atoms with Crippen molar-refractivity contribution in [2.45, 2.75) is 12.8 Å². The Hall–Kier alpha value is -3.05. The first-order valence-corrected chi connectivity index (χ1v) is 9.23. The lowest BCUT2D eigenvalue weighted by molar-refractivity contribution is -0.136. The van der Waals surface area contributed by atoms with Crippen molar-refractivity contribution < 1.29 is 17.9 Å². The van der Waals surface area contributed by atoms with Gasteiger partial charge in [-0.25, -0.2) is 0 Å². The fourth-order valence-electron chi connectivity index (χ4n) is 3.24. The molecule has 0 atom stereocenters. The summed E-state index contributed by atoms with van der Waals surface area (Å²) in [6.45, 7) is 0.158. The fourth-order valence-corrected chi connectivity index (χ4v) is 3.37. The van der Waals surface area contributed by atoms with Gasteiger partial charge in [0.25, 0.3) is 0 Å². The Morgan fingerprint density at radius 2 is 1.59 bits per heavy atom. The van der Waals surface area contributed by atoms with Crippen molar-refractivity contribution >= 4 is 22.5 Å².